The molecule has 7 nitrogen and oxygen atoms in total. The minimum atomic E-state index is -3.29. The average molecular weight is 390 g/mol. The highest BCUT2D eigenvalue weighted by Gasteiger charge is 2.15. The van der Waals surface area contributed by atoms with Gasteiger partial charge in [-0.3, -0.25) is 0 Å². The Bertz CT molecular complexity index is 1020. The van der Waals surface area contributed by atoms with Crippen LogP contribution in [0.1, 0.15) is 23.5 Å². The number of aromatic nitrogens is 3. The number of pyridine rings is 2. The molecule has 136 valence electrons. The van der Waals surface area contributed by atoms with Gasteiger partial charge in [-0.15, -0.1) is 11.3 Å². The lowest BCUT2D eigenvalue weighted by atomic mass is 10.3. The van der Waals surface area contributed by atoms with Crippen molar-refractivity contribution < 1.29 is 8.42 Å². The Kier molecular flexibility index (Phi) is 5.30. The smallest absolute Gasteiger partial charge is 0.209 e. The molecule has 3 aromatic rings. The van der Waals surface area contributed by atoms with Gasteiger partial charge < -0.3 is 5.32 Å². The summed E-state index contributed by atoms with van der Waals surface area (Å²) in [7, 11) is -3.29. The molecule has 0 aliphatic heterocycles. The molecule has 3 heterocycles. The van der Waals surface area contributed by atoms with Gasteiger partial charge in [0.15, 0.2) is 0 Å². The van der Waals surface area contributed by atoms with Gasteiger partial charge in [0.2, 0.25) is 10.0 Å². The molecular weight excluding hydrogens is 370 g/mol. The predicted octanol–water partition coefficient (Wildman–Crippen LogP) is 3.26. The Morgan fingerprint density at radius 1 is 1.15 bits per heavy atom. The Labute approximate surface area is 156 Å². The highest BCUT2D eigenvalue weighted by Crippen LogP contribution is 2.29. The third-order valence-electron chi connectivity index (χ3n) is 3.46. The fourth-order valence-corrected chi connectivity index (χ4v) is 4.07. The highest BCUT2D eigenvalue weighted by molar-refractivity contribution is 7.88. The van der Waals surface area contributed by atoms with Crippen molar-refractivity contribution in [3.05, 3.63) is 53.3 Å². The number of hydrogen-bond acceptors (Lipinski definition) is 7. The van der Waals surface area contributed by atoms with Crippen LogP contribution in [0, 0.1) is 6.92 Å². The number of nitrogens with one attached hydrogen (secondary N) is 2. The molecule has 1 atom stereocenters. The molecule has 0 radical (unpaired) electrons. The van der Waals surface area contributed by atoms with Gasteiger partial charge in [-0.25, -0.2) is 28.1 Å². The minimum absolute atomic E-state index is 0.387. The number of rotatable bonds is 6. The van der Waals surface area contributed by atoms with Gasteiger partial charge in [-0.1, -0.05) is 6.07 Å². The molecule has 0 aliphatic rings. The van der Waals surface area contributed by atoms with Crippen LogP contribution in [-0.2, 0) is 10.0 Å². The van der Waals surface area contributed by atoms with E-state index in [1.165, 1.54) is 11.3 Å². The summed E-state index contributed by atoms with van der Waals surface area (Å²) >= 11 is 1.41. The van der Waals surface area contributed by atoms with Gasteiger partial charge in [0.05, 0.1) is 22.9 Å². The monoisotopic (exact) mass is 389 g/mol. The van der Waals surface area contributed by atoms with E-state index in [0.717, 1.165) is 28.2 Å². The maximum atomic E-state index is 11.4. The van der Waals surface area contributed by atoms with E-state index >= 15 is 0 Å². The molecule has 26 heavy (non-hydrogen) atoms. The maximum Gasteiger partial charge on any atom is 0.209 e. The second kappa shape index (κ2) is 7.48. The lowest BCUT2D eigenvalue weighted by Gasteiger charge is -2.08. The van der Waals surface area contributed by atoms with E-state index in [2.05, 4.69) is 25.0 Å². The highest BCUT2D eigenvalue weighted by atomic mass is 32.2. The quantitative estimate of drug-likeness (QED) is 0.672. The van der Waals surface area contributed by atoms with Crippen LogP contribution in [0.2, 0.25) is 0 Å². The van der Waals surface area contributed by atoms with Crippen LogP contribution in [0.4, 0.5) is 11.6 Å². The predicted molar refractivity (Wildman–Crippen MR) is 104 cm³/mol. The van der Waals surface area contributed by atoms with Gasteiger partial charge in [-0.05, 0) is 43.7 Å². The molecule has 0 spiro atoms. The first-order chi connectivity index (χ1) is 12.3. The molecule has 0 bridgehead atoms. The molecule has 3 aromatic heterocycles. The number of thiazole rings is 1. The molecule has 0 amide bonds. The summed E-state index contributed by atoms with van der Waals surface area (Å²) in [5.74, 6) is 1.41. The van der Waals surface area contributed by atoms with Crippen molar-refractivity contribution in [2.24, 2.45) is 0 Å². The number of anilines is 2. The molecular formula is C17H19N5O2S2. The molecule has 0 aromatic carbocycles. The second-order valence-corrected chi connectivity index (χ2v) is 8.77. The van der Waals surface area contributed by atoms with E-state index in [-0.39, 0.29) is 6.04 Å². The van der Waals surface area contributed by atoms with Gasteiger partial charge >= 0.3 is 0 Å². The summed E-state index contributed by atoms with van der Waals surface area (Å²) in [4.78, 5) is 14.1. The molecule has 0 unspecified atom stereocenters. The summed E-state index contributed by atoms with van der Waals surface area (Å²) < 4.78 is 25.3. The lowest BCUT2D eigenvalue weighted by Crippen LogP contribution is -2.25. The van der Waals surface area contributed by atoms with Crippen molar-refractivity contribution in [3.63, 3.8) is 0 Å². The zero-order valence-corrected chi connectivity index (χ0v) is 16.2. The average Bonchev–Trinajstić information content (AvgIpc) is 3.04. The van der Waals surface area contributed by atoms with Gasteiger partial charge in [-0.2, -0.15) is 0 Å². The van der Waals surface area contributed by atoms with Crippen molar-refractivity contribution in [1.29, 1.82) is 0 Å². The SMILES string of the molecule is Cc1ccnc(Nc2cccc(-c3cnc([C@H](C)NS(C)(=O)=O)s3)n2)c1. The Morgan fingerprint density at radius 2 is 1.96 bits per heavy atom. The number of sulfonamides is 1. The van der Waals surface area contributed by atoms with E-state index < -0.39 is 10.0 Å². The first-order valence-corrected chi connectivity index (χ1v) is 10.6. The third kappa shape index (κ3) is 4.84. The number of aryl methyl sites for hydroxylation is 1. The summed E-state index contributed by atoms with van der Waals surface area (Å²) in [5.41, 5.74) is 1.87. The zero-order valence-electron chi connectivity index (χ0n) is 14.6. The third-order valence-corrected chi connectivity index (χ3v) is 5.44. The van der Waals surface area contributed by atoms with Crippen molar-refractivity contribution >= 4 is 33.0 Å². The fourth-order valence-electron chi connectivity index (χ4n) is 2.36. The normalized spacial score (nSPS) is 12.7. The van der Waals surface area contributed by atoms with Crippen LogP contribution in [0.3, 0.4) is 0 Å². The van der Waals surface area contributed by atoms with Gasteiger partial charge in [0.1, 0.15) is 16.6 Å². The molecule has 3 rings (SSSR count). The van der Waals surface area contributed by atoms with Crippen LogP contribution in [0.15, 0.2) is 42.7 Å². The molecule has 0 saturated carbocycles. The summed E-state index contributed by atoms with van der Waals surface area (Å²) in [6.07, 6.45) is 4.58. The topological polar surface area (TPSA) is 96.9 Å². The standard InChI is InChI=1S/C17H19N5O2S2/c1-11-7-8-18-16(9-11)21-15-6-4-5-13(20-15)14-10-19-17(25-14)12(2)22-26(3,23)24/h4-10,12,22H,1-3H3,(H,18,20,21)/t12-/m0/s1. The van der Waals surface area contributed by atoms with Crippen LogP contribution >= 0.6 is 11.3 Å². The van der Waals surface area contributed by atoms with Gasteiger partial charge in [0, 0.05) is 12.4 Å². The zero-order chi connectivity index (χ0) is 18.7. The fraction of sp³-hybridized carbons (Fsp3) is 0.235. The van der Waals surface area contributed by atoms with Gasteiger partial charge in [0.25, 0.3) is 0 Å². The van der Waals surface area contributed by atoms with E-state index in [9.17, 15) is 8.42 Å². The minimum Gasteiger partial charge on any atom is -0.325 e. The van der Waals surface area contributed by atoms with E-state index in [1.807, 2.05) is 37.3 Å². The van der Waals surface area contributed by atoms with Crippen molar-refractivity contribution in [2.75, 3.05) is 11.6 Å². The van der Waals surface area contributed by atoms with Crippen molar-refractivity contribution in [2.45, 2.75) is 19.9 Å². The van der Waals surface area contributed by atoms with Crippen LogP contribution < -0.4 is 10.0 Å². The second-order valence-electron chi connectivity index (χ2n) is 5.93. The van der Waals surface area contributed by atoms with E-state index in [1.54, 1.807) is 19.3 Å². The molecule has 0 saturated heterocycles. The molecule has 2 N–H and O–H groups in total. The molecule has 9 heteroatoms. The summed E-state index contributed by atoms with van der Waals surface area (Å²) in [6, 6.07) is 9.14. The van der Waals surface area contributed by atoms with Crippen LogP contribution in [0.25, 0.3) is 10.6 Å². The lowest BCUT2D eigenvalue weighted by molar-refractivity contribution is 0.572. The molecule has 0 aliphatic carbocycles. The Balaban J connectivity index is 1.80. The van der Waals surface area contributed by atoms with Crippen LogP contribution in [-0.4, -0.2) is 29.6 Å². The Morgan fingerprint density at radius 3 is 2.69 bits per heavy atom. The maximum absolute atomic E-state index is 11.4. The van der Waals surface area contributed by atoms with Crippen molar-refractivity contribution in [3.8, 4) is 10.6 Å². The van der Waals surface area contributed by atoms with E-state index in [0.29, 0.717) is 10.8 Å². The first-order valence-electron chi connectivity index (χ1n) is 7.90. The van der Waals surface area contributed by atoms with Crippen molar-refractivity contribution in [1.82, 2.24) is 19.7 Å². The Hall–Kier alpha value is -2.36. The number of hydrogen-bond donors (Lipinski definition) is 2. The van der Waals surface area contributed by atoms with E-state index in [4.69, 9.17) is 0 Å². The largest absolute Gasteiger partial charge is 0.325 e. The van der Waals surface area contributed by atoms with Crippen LogP contribution in [0.5, 0.6) is 0 Å². The molecule has 0 fully saturated rings. The summed E-state index contributed by atoms with van der Waals surface area (Å²) in [6.45, 7) is 3.76. The first kappa shape index (κ1) is 18.4. The summed E-state index contributed by atoms with van der Waals surface area (Å²) in [5, 5.41) is 3.87. The number of nitrogens with zero attached hydrogens (tertiary/aromatic N) is 3.